The monoisotopic (exact) mass is 261 g/mol. The number of anilines is 1. The van der Waals surface area contributed by atoms with E-state index >= 15 is 0 Å². The first-order valence-electron chi connectivity index (χ1n) is 5.88. The van der Waals surface area contributed by atoms with Gasteiger partial charge >= 0.3 is 0 Å². The van der Waals surface area contributed by atoms with Crippen molar-refractivity contribution in [3.63, 3.8) is 0 Å². The van der Waals surface area contributed by atoms with E-state index in [2.05, 4.69) is 5.32 Å². The number of aliphatic hydroxyl groups is 1. The van der Waals surface area contributed by atoms with Crippen LogP contribution in [0.1, 0.15) is 17.2 Å². The third-order valence-corrected chi connectivity index (χ3v) is 3.10. The maximum absolute atomic E-state index is 9.48. The fourth-order valence-corrected chi connectivity index (χ4v) is 1.91. The molecule has 1 unspecified atom stereocenters. The Bertz CT molecular complexity index is 493. The summed E-state index contributed by atoms with van der Waals surface area (Å²) in [4.78, 5) is 0. The van der Waals surface area contributed by atoms with Gasteiger partial charge in [-0.2, -0.15) is 0 Å². The average Bonchev–Trinajstić information content (AvgIpc) is 2.39. The van der Waals surface area contributed by atoms with Gasteiger partial charge in [0.1, 0.15) is 0 Å². The van der Waals surface area contributed by atoms with Crippen molar-refractivity contribution in [1.29, 1.82) is 0 Å². The Morgan fingerprint density at radius 1 is 1.06 bits per heavy atom. The fraction of sp³-hybridized carbons (Fsp3) is 0.200. The zero-order valence-electron chi connectivity index (χ0n) is 10.2. The second-order valence-electron chi connectivity index (χ2n) is 4.30. The van der Waals surface area contributed by atoms with Crippen LogP contribution in [0, 0.1) is 6.92 Å². The predicted molar refractivity (Wildman–Crippen MR) is 76.1 cm³/mol. The van der Waals surface area contributed by atoms with Crippen molar-refractivity contribution in [3.8, 4) is 0 Å². The number of aryl methyl sites for hydroxylation is 1. The number of hydrogen-bond donors (Lipinski definition) is 2. The summed E-state index contributed by atoms with van der Waals surface area (Å²) in [5.74, 6) is 0. The lowest BCUT2D eigenvalue weighted by atomic mass is 10.1. The van der Waals surface area contributed by atoms with Crippen LogP contribution in [0.25, 0.3) is 0 Å². The van der Waals surface area contributed by atoms with Crippen LogP contribution in [0.5, 0.6) is 0 Å². The van der Waals surface area contributed by atoms with E-state index in [0.29, 0.717) is 5.02 Å². The van der Waals surface area contributed by atoms with Gasteiger partial charge in [-0.15, -0.1) is 0 Å². The first-order chi connectivity index (χ1) is 8.69. The van der Waals surface area contributed by atoms with E-state index in [9.17, 15) is 5.11 Å². The predicted octanol–water partition coefficient (Wildman–Crippen LogP) is 3.79. The smallest absolute Gasteiger partial charge is 0.0745 e. The molecule has 2 aromatic carbocycles. The molecule has 0 aliphatic rings. The van der Waals surface area contributed by atoms with Crippen molar-refractivity contribution >= 4 is 17.3 Å². The molecule has 0 heterocycles. The molecule has 0 bridgehead atoms. The minimum absolute atomic E-state index is 0.0473. The molecule has 18 heavy (non-hydrogen) atoms. The number of nitrogens with one attached hydrogen (secondary N) is 1. The third kappa shape index (κ3) is 3.25. The summed E-state index contributed by atoms with van der Waals surface area (Å²) in [5.41, 5.74) is 3.22. The molecule has 0 fully saturated rings. The summed E-state index contributed by atoms with van der Waals surface area (Å²) < 4.78 is 0. The van der Waals surface area contributed by atoms with Gasteiger partial charge in [-0.05, 0) is 36.8 Å². The second-order valence-corrected chi connectivity index (χ2v) is 4.73. The molecular formula is C15H16ClNO. The van der Waals surface area contributed by atoms with E-state index in [4.69, 9.17) is 11.6 Å². The minimum Gasteiger partial charge on any atom is -0.394 e. The summed E-state index contributed by atoms with van der Waals surface area (Å²) in [5, 5.41) is 13.5. The van der Waals surface area contributed by atoms with Gasteiger partial charge in [0.25, 0.3) is 0 Å². The van der Waals surface area contributed by atoms with E-state index in [1.165, 1.54) is 5.56 Å². The van der Waals surface area contributed by atoms with Gasteiger partial charge in [0.05, 0.1) is 12.6 Å². The Labute approximate surface area is 112 Å². The van der Waals surface area contributed by atoms with Gasteiger partial charge in [0.2, 0.25) is 0 Å². The van der Waals surface area contributed by atoms with Crippen molar-refractivity contribution in [2.24, 2.45) is 0 Å². The normalized spacial score (nSPS) is 12.2. The molecule has 2 N–H and O–H groups in total. The Balaban J connectivity index is 2.14. The topological polar surface area (TPSA) is 32.3 Å². The van der Waals surface area contributed by atoms with Gasteiger partial charge in [-0.3, -0.25) is 0 Å². The maximum atomic E-state index is 9.48. The van der Waals surface area contributed by atoms with Gasteiger partial charge in [-0.25, -0.2) is 0 Å². The molecular weight excluding hydrogens is 246 g/mol. The molecule has 0 aromatic heterocycles. The van der Waals surface area contributed by atoms with E-state index < -0.39 is 0 Å². The molecule has 94 valence electrons. The van der Waals surface area contributed by atoms with Gasteiger partial charge < -0.3 is 10.4 Å². The van der Waals surface area contributed by atoms with Crippen LogP contribution in [-0.2, 0) is 0 Å². The first kappa shape index (κ1) is 12.9. The van der Waals surface area contributed by atoms with Crippen LogP contribution in [0.4, 0.5) is 5.69 Å². The average molecular weight is 262 g/mol. The highest BCUT2D eigenvalue weighted by atomic mass is 35.5. The Morgan fingerprint density at radius 2 is 1.67 bits per heavy atom. The van der Waals surface area contributed by atoms with Crippen molar-refractivity contribution in [2.45, 2.75) is 13.0 Å². The Morgan fingerprint density at radius 3 is 2.22 bits per heavy atom. The lowest BCUT2D eigenvalue weighted by Gasteiger charge is -2.18. The van der Waals surface area contributed by atoms with E-state index in [-0.39, 0.29) is 12.6 Å². The molecule has 2 aromatic rings. The highest BCUT2D eigenvalue weighted by molar-refractivity contribution is 6.30. The summed E-state index contributed by atoms with van der Waals surface area (Å²) >= 11 is 5.84. The molecule has 0 saturated heterocycles. The quantitative estimate of drug-likeness (QED) is 0.878. The van der Waals surface area contributed by atoms with E-state index in [0.717, 1.165) is 11.3 Å². The third-order valence-electron chi connectivity index (χ3n) is 2.85. The molecule has 0 saturated carbocycles. The molecule has 0 aliphatic heterocycles. The van der Waals surface area contributed by atoms with Crippen LogP contribution in [-0.4, -0.2) is 11.7 Å². The van der Waals surface area contributed by atoms with Crippen molar-refractivity contribution in [2.75, 3.05) is 11.9 Å². The number of rotatable bonds is 4. The molecule has 1 atom stereocenters. The summed E-state index contributed by atoms with van der Waals surface area (Å²) in [6, 6.07) is 15.5. The number of aliphatic hydroxyl groups excluding tert-OH is 1. The highest BCUT2D eigenvalue weighted by Gasteiger charge is 2.09. The maximum Gasteiger partial charge on any atom is 0.0745 e. The molecule has 0 amide bonds. The summed E-state index contributed by atoms with van der Waals surface area (Å²) in [7, 11) is 0. The van der Waals surface area contributed by atoms with Crippen LogP contribution in [0.2, 0.25) is 5.02 Å². The summed E-state index contributed by atoms with van der Waals surface area (Å²) in [6.07, 6.45) is 0. The second kappa shape index (κ2) is 5.89. The molecule has 3 heteroatoms. The zero-order valence-corrected chi connectivity index (χ0v) is 11.0. The van der Waals surface area contributed by atoms with Gasteiger partial charge in [-0.1, -0.05) is 41.4 Å². The van der Waals surface area contributed by atoms with Crippen LogP contribution < -0.4 is 5.32 Å². The number of benzene rings is 2. The van der Waals surface area contributed by atoms with Crippen molar-refractivity contribution in [1.82, 2.24) is 0 Å². The molecule has 0 aliphatic carbocycles. The number of halogens is 1. The molecule has 0 spiro atoms. The van der Waals surface area contributed by atoms with Crippen LogP contribution in [0.3, 0.4) is 0 Å². The van der Waals surface area contributed by atoms with Crippen molar-refractivity contribution in [3.05, 3.63) is 64.7 Å². The zero-order chi connectivity index (χ0) is 13.0. The number of hydrogen-bond acceptors (Lipinski definition) is 2. The SMILES string of the molecule is Cc1ccc(C(CO)Nc2ccc(Cl)cc2)cc1. The molecule has 2 rings (SSSR count). The lowest BCUT2D eigenvalue weighted by molar-refractivity contribution is 0.276. The van der Waals surface area contributed by atoms with E-state index in [1.54, 1.807) is 0 Å². The molecule has 0 radical (unpaired) electrons. The lowest BCUT2D eigenvalue weighted by Crippen LogP contribution is -2.14. The van der Waals surface area contributed by atoms with E-state index in [1.807, 2.05) is 55.5 Å². The molecule has 2 nitrogen and oxygen atoms in total. The van der Waals surface area contributed by atoms with Crippen LogP contribution >= 0.6 is 11.6 Å². The standard InChI is InChI=1S/C15H16ClNO/c1-11-2-4-12(5-3-11)15(10-18)17-14-8-6-13(16)7-9-14/h2-9,15,17-18H,10H2,1H3. The fourth-order valence-electron chi connectivity index (χ4n) is 1.78. The highest BCUT2D eigenvalue weighted by Crippen LogP contribution is 2.21. The van der Waals surface area contributed by atoms with Crippen molar-refractivity contribution < 1.29 is 5.11 Å². The summed E-state index contributed by atoms with van der Waals surface area (Å²) in [6.45, 7) is 2.09. The Hall–Kier alpha value is -1.51. The van der Waals surface area contributed by atoms with Gasteiger partial charge in [0, 0.05) is 10.7 Å². The minimum atomic E-state index is -0.105. The Kier molecular flexibility index (Phi) is 4.24. The largest absolute Gasteiger partial charge is 0.394 e. The van der Waals surface area contributed by atoms with Crippen LogP contribution in [0.15, 0.2) is 48.5 Å². The first-order valence-corrected chi connectivity index (χ1v) is 6.26. The van der Waals surface area contributed by atoms with Gasteiger partial charge in [0.15, 0.2) is 0 Å².